The highest BCUT2D eigenvalue weighted by molar-refractivity contribution is 14.1. The van der Waals surface area contributed by atoms with Crippen molar-refractivity contribution in [2.24, 2.45) is 0 Å². The van der Waals surface area contributed by atoms with Crippen LogP contribution in [0.5, 0.6) is 0 Å². The van der Waals surface area contributed by atoms with Crippen molar-refractivity contribution >= 4 is 72.2 Å². The van der Waals surface area contributed by atoms with E-state index in [2.05, 4.69) is 69.8 Å². The number of benzene rings is 1. The van der Waals surface area contributed by atoms with Crippen molar-refractivity contribution in [1.82, 2.24) is 19.9 Å². The summed E-state index contributed by atoms with van der Waals surface area (Å²) in [5.41, 5.74) is 4.69. The Labute approximate surface area is 141 Å². The van der Waals surface area contributed by atoms with Crippen molar-refractivity contribution < 1.29 is 0 Å². The molecule has 5 nitrogen and oxygen atoms in total. The van der Waals surface area contributed by atoms with Crippen LogP contribution >= 0.6 is 38.5 Å². The number of pyridine rings is 1. The lowest BCUT2D eigenvalue weighted by atomic mass is 10.3. The molecule has 0 saturated heterocycles. The third-order valence-corrected chi connectivity index (χ3v) is 4.30. The second kappa shape index (κ2) is 4.99. The first-order valence-corrected chi connectivity index (χ1v) is 8.12. The van der Waals surface area contributed by atoms with E-state index in [1.54, 1.807) is 0 Å². The van der Waals surface area contributed by atoms with E-state index in [0.717, 1.165) is 32.4 Å². The smallest absolute Gasteiger partial charge is 0.205 e. The molecule has 3 N–H and O–H groups in total. The molecule has 0 atom stereocenters. The number of rotatable bonds is 2. The second-order valence-electron chi connectivity index (χ2n) is 4.60. The Morgan fingerprint density at radius 1 is 1.10 bits per heavy atom. The average molecular weight is 454 g/mol. The number of anilines is 2. The molecule has 0 unspecified atom stereocenters. The highest BCUT2D eigenvalue weighted by Crippen LogP contribution is 2.26. The molecule has 0 aliphatic rings. The number of hydrogen-bond donors (Lipinski definition) is 3. The summed E-state index contributed by atoms with van der Waals surface area (Å²) in [7, 11) is 0. The van der Waals surface area contributed by atoms with Gasteiger partial charge in [-0.2, -0.15) is 0 Å². The molecule has 0 radical (unpaired) electrons. The monoisotopic (exact) mass is 453 g/mol. The summed E-state index contributed by atoms with van der Waals surface area (Å²) in [6.07, 6.45) is 1.89. The lowest BCUT2D eigenvalue weighted by Crippen LogP contribution is -1.91. The number of halogens is 2. The number of nitrogens with zero attached hydrogens (tertiary/aromatic N) is 2. The second-order valence-corrected chi connectivity index (χ2v) is 6.66. The summed E-state index contributed by atoms with van der Waals surface area (Å²) < 4.78 is 1.98. The number of nitrogens with one attached hydrogen (secondary N) is 3. The van der Waals surface area contributed by atoms with Gasteiger partial charge in [0.15, 0.2) is 0 Å². The Morgan fingerprint density at radius 2 is 2.00 bits per heavy atom. The number of aromatic amines is 2. The molecule has 1 aromatic carbocycles. The van der Waals surface area contributed by atoms with Gasteiger partial charge in [0.2, 0.25) is 5.95 Å². The van der Waals surface area contributed by atoms with Crippen LogP contribution in [-0.4, -0.2) is 19.9 Å². The standard InChI is InChI=1S/C14H9BrIN5/c15-12-4-3-9-13(21-12)11(6-17-9)20-14-18-8-2-1-7(16)5-10(8)19-14/h1-6,17H,(H2,18,19,20). The minimum Gasteiger partial charge on any atom is -0.358 e. The summed E-state index contributed by atoms with van der Waals surface area (Å²) in [4.78, 5) is 15.5. The van der Waals surface area contributed by atoms with E-state index in [4.69, 9.17) is 0 Å². The van der Waals surface area contributed by atoms with Gasteiger partial charge in [-0.25, -0.2) is 9.97 Å². The van der Waals surface area contributed by atoms with Gasteiger partial charge in [-0.3, -0.25) is 0 Å². The van der Waals surface area contributed by atoms with Crippen LogP contribution in [0.15, 0.2) is 41.1 Å². The zero-order chi connectivity index (χ0) is 14.4. The molecule has 4 rings (SSSR count). The molecule has 21 heavy (non-hydrogen) atoms. The van der Waals surface area contributed by atoms with E-state index in [-0.39, 0.29) is 0 Å². The van der Waals surface area contributed by atoms with Crippen molar-refractivity contribution in [2.75, 3.05) is 5.32 Å². The largest absolute Gasteiger partial charge is 0.358 e. The van der Waals surface area contributed by atoms with Crippen LogP contribution in [0.2, 0.25) is 0 Å². The van der Waals surface area contributed by atoms with Crippen molar-refractivity contribution in [1.29, 1.82) is 0 Å². The molecule has 0 saturated carbocycles. The predicted octanol–water partition coefficient (Wildman–Crippen LogP) is 4.55. The molecule has 0 spiro atoms. The molecule has 0 fully saturated rings. The van der Waals surface area contributed by atoms with Gasteiger partial charge in [-0.1, -0.05) is 0 Å². The van der Waals surface area contributed by atoms with E-state index in [1.807, 2.05) is 30.5 Å². The first-order valence-electron chi connectivity index (χ1n) is 6.25. The molecular weight excluding hydrogens is 445 g/mol. The molecule has 0 aliphatic carbocycles. The quantitative estimate of drug-likeness (QED) is 0.308. The fourth-order valence-electron chi connectivity index (χ4n) is 2.24. The van der Waals surface area contributed by atoms with Gasteiger partial charge >= 0.3 is 0 Å². The Morgan fingerprint density at radius 3 is 2.90 bits per heavy atom. The molecule has 3 aromatic heterocycles. The predicted molar refractivity (Wildman–Crippen MR) is 95.9 cm³/mol. The van der Waals surface area contributed by atoms with Gasteiger partial charge in [0, 0.05) is 9.77 Å². The van der Waals surface area contributed by atoms with Gasteiger partial charge in [-0.15, -0.1) is 0 Å². The normalized spacial score (nSPS) is 11.3. The fourth-order valence-corrected chi connectivity index (χ4v) is 3.04. The summed E-state index contributed by atoms with van der Waals surface area (Å²) in [6.45, 7) is 0. The minimum absolute atomic E-state index is 0.703. The first kappa shape index (κ1) is 13.1. The average Bonchev–Trinajstić information content (AvgIpc) is 3.02. The number of aromatic nitrogens is 4. The van der Waals surface area contributed by atoms with Crippen LogP contribution in [0.1, 0.15) is 0 Å². The van der Waals surface area contributed by atoms with Gasteiger partial charge in [0.1, 0.15) is 10.1 Å². The molecule has 0 aliphatic heterocycles. The number of H-pyrrole nitrogens is 2. The Balaban J connectivity index is 1.77. The molecule has 0 bridgehead atoms. The van der Waals surface area contributed by atoms with Gasteiger partial charge in [0.25, 0.3) is 0 Å². The first-order chi connectivity index (χ1) is 10.2. The molecule has 104 valence electrons. The Hall–Kier alpha value is -1.61. The van der Waals surface area contributed by atoms with Crippen molar-refractivity contribution in [2.45, 2.75) is 0 Å². The number of hydrogen-bond acceptors (Lipinski definition) is 3. The zero-order valence-corrected chi connectivity index (χ0v) is 14.4. The van der Waals surface area contributed by atoms with Crippen LogP contribution in [-0.2, 0) is 0 Å². The van der Waals surface area contributed by atoms with E-state index < -0.39 is 0 Å². The molecule has 7 heteroatoms. The zero-order valence-electron chi connectivity index (χ0n) is 10.6. The van der Waals surface area contributed by atoms with E-state index in [9.17, 15) is 0 Å². The summed E-state index contributed by atoms with van der Waals surface area (Å²) in [5, 5.41) is 3.28. The van der Waals surface area contributed by atoms with Crippen LogP contribution < -0.4 is 5.32 Å². The maximum atomic E-state index is 4.53. The van der Waals surface area contributed by atoms with Gasteiger partial charge < -0.3 is 15.3 Å². The molecule has 3 heterocycles. The minimum atomic E-state index is 0.703. The van der Waals surface area contributed by atoms with Crippen molar-refractivity contribution in [3.8, 4) is 0 Å². The number of imidazole rings is 1. The van der Waals surface area contributed by atoms with E-state index in [1.165, 1.54) is 3.57 Å². The Kier molecular flexibility index (Phi) is 3.11. The Bertz CT molecular complexity index is 958. The maximum Gasteiger partial charge on any atom is 0.205 e. The SMILES string of the molecule is Brc1ccc2[nH]cc(Nc3nc4ccc(I)cc4[nH]3)c2n1. The van der Waals surface area contributed by atoms with Gasteiger partial charge in [0.05, 0.1) is 22.2 Å². The molecular formula is C14H9BrIN5. The summed E-state index contributed by atoms with van der Waals surface area (Å²) in [6, 6.07) is 10.0. The van der Waals surface area contributed by atoms with Crippen LogP contribution in [0.4, 0.5) is 11.6 Å². The molecule has 0 amide bonds. The fraction of sp³-hybridized carbons (Fsp3) is 0. The van der Waals surface area contributed by atoms with Crippen LogP contribution in [0, 0.1) is 3.57 Å². The van der Waals surface area contributed by atoms with E-state index in [0.29, 0.717) is 5.95 Å². The van der Waals surface area contributed by atoms with E-state index >= 15 is 0 Å². The third-order valence-electron chi connectivity index (χ3n) is 3.19. The topological polar surface area (TPSA) is 69.4 Å². The molecule has 4 aromatic rings. The van der Waals surface area contributed by atoms with Crippen molar-refractivity contribution in [3.05, 3.63) is 44.7 Å². The highest BCUT2D eigenvalue weighted by Gasteiger charge is 2.09. The van der Waals surface area contributed by atoms with Crippen molar-refractivity contribution in [3.63, 3.8) is 0 Å². The summed E-state index contributed by atoms with van der Waals surface area (Å²) >= 11 is 5.68. The lowest BCUT2D eigenvalue weighted by Gasteiger charge is -1.99. The number of fused-ring (bicyclic) bond motifs is 2. The van der Waals surface area contributed by atoms with Crippen LogP contribution in [0.3, 0.4) is 0 Å². The summed E-state index contributed by atoms with van der Waals surface area (Å²) in [5.74, 6) is 0.703. The van der Waals surface area contributed by atoms with Gasteiger partial charge in [-0.05, 0) is 68.9 Å². The maximum absolute atomic E-state index is 4.53. The lowest BCUT2D eigenvalue weighted by molar-refractivity contribution is 1.30. The highest BCUT2D eigenvalue weighted by atomic mass is 127. The van der Waals surface area contributed by atoms with Crippen LogP contribution in [0.25, 0.3) is 22.1 Å². The third kappa shape index (κ3) is 2.40.